The van der Waals surface area contributed by atoms with Gasteiger partial charge in [0.05, 0.1) is 23.8 Å². The number of nitrogens with zero attached hydrogens (tertiary/aromatic N) is 4. The van der Waals surface area contributed by atoms with Crippen molar-refractivity contribution < 1.29 is 4.79 Å². The van der Waals surface area contributed by atoms with Crippen LogP contribution in [0.3, 0.4) is 0 Å². The SMILES string of the molecule is CC(=O)N1C[C@H]2CN(CCn3cc(Cl)cn3)C[C@H]2[C@@H]1c1ccccc1C. The minimum atomic E-state index is 0.186. The summed E-state index contributed by atoms with van der Waals surface area (Å²) in [5, 5.41) is 4.94. The molecule has 0 bridgehead atoms. The zero-order chi connectivity index (χ0) is 18.3. The second-order valence-electron chi connectivity index (χ2n) is 7.58. The summed E-state index contributed by atoms with van der Waals surface area (Å²) in [7, 11) is 0. The minimum absolute atomic E-state index is 0.186. The number of amides is 1. The highest BCUT2D eigenvalue weighted by molar-refractivity contribution is 6.30. The first-order valence-corrected chi connectivity index (χ1v) is 9.64. The van der Waals surface area contributed by atoms with Gasteiger partial charge >= 0.3 is 0 Å². The summed E-state index contributed by atoms with van der Waals surface area (Å²) in [6.45, 7) is 8.60. The smallest absolute Gasteiger partial charge is 0.219 e. The molecule has 2 aliphatic rings. The van der Waals surface area contributed by atoms with Gasteiger partial charge in [-0.25, -0.2) is 0 Å². The van der Waals surface area contributed by atoms with Crippen molar-refractivity contribution in [3.05, 3.63) is 52.8 Å². The maximum absolute atomic E-state index is 12.3. The van der Waals surface area contributed by atoms with Crippen LogP contribution >= 0.6 is 11.6 Å². The van der Waals surface area contributed by atoms with Crippen LogP contribution in [-0.2, 0) is 11.3 Å². The molecule has 1 aromatic carbocycles. The van der Waals surface area contributed by atoms with Gasteiger partial charge in [0, 0.05) is 45.2 Å². The van der Waals surface area contributed by atoms with Gasteiger partial charge in [0.15, 0.2) is 0 Å². The first-order chi connectivity index (χ1) is 12.5. The summed E-state index contributed by atoms with van der Waals surface area (Å²) in [6.07, 6.45) is 3.55. The fraction of sp³-hybridized carbons (Fsp3) is 0.500. The number of carbonyl (C=O) groups is 1. The number of aryl methyl sites for hydroxylation is 1. The van der Waals surface area contributed by atoms with Gasteiger partial charge in [-0.3, -0.25) is 9.48 Å². The monoisotopic (exact) mass is 372 g/mol. The summed E-state index contributed by atoms with van der Waals surface area (Å²) in [5.74, 6) is 1.23. The maximum Gasteiger partial charge on any atom is 0.219 e. The Hall–Kier alpha value is -1.85. The Kier molecular flexibility index (Phi) is 4.76. The van der Waals surface area contributed by atoms with Crippen molar-refractivity contribution in [3.63, 3.8) is 0 Å². The van der Waals surface area contributed by atoms with Crippen LogP contribution in [0.4, 0.5) is 0 Å². The molecule has 0 N–H and O–H groups in total. The molecule has 0 radical (unpaired) electrons. The van der Waals surface area contributed by atoms with E-state index < -0.39 is 0 Å². The molecule has 1 aromatic heterocycles. The van der Waals surface area contributed by atoms with E-state index >= 15 is 0 Å². The van der Waals surface area contributed by atoms with Crippen LogP contribution in [0, 0.1) is 18.8 Å². The van der Waals surface area contributed by atoms with E-state index in [-0.39, 0.29) is 11.9 Å². The van der Waals surface area contributed by atoms with E-state index in [1.807, 2.05) is 10.9 Å². The van der Waals surface area contributed by atoms with Gasteiger partial charge in [0.2, 0.25) is 5.91 Å². The fourth-order valence-electron chi connectivity index (χ4n) is 4.67. The Morgan fingerprint density at radius 2 is 2.04 bits per heavy atom. The van der Waals surface area contributed by atoms with Gasteiger partial charge in [-0.15, -0.1) is 0 Å². The first-order valence-electron chi connectivity index (χ1n) is 9.26. The minimum Gasteiger partial charge on any atom is -0.335 e. The molecule has 2 aromatic rings. The molecule has 5 nitrogen and oxygen atoms in total. The number of fused-ring (bicyclic) bond motifs is 1. The Morgan fingerprint density at radius 1 is 1.23 bits per heavy atom. The van der Waals surface area contributed by atoms with Gasteiger partial charge in [0.25, 0.3) is 0 Å². The second-order valence-corrected chi connectivity index (χ2v) is 8.01. The van der Waals surface area contributed by atoms with Gasteiger partial charge in [-0.1, -0.05) is 35.9 Å². The molecular formula is C20H25ClN4O. The molecule has 4 rings (SSSR count). The van der Waals surface area contributed by atoms with E-state index in [1.54, 1.807) is 13.1 Å². The lowest BCUT2D eigenvalue weighted by molar-refractivity contribution is -0.130. The van der Waals surface area contributed by atoms with Crippen molar-refractivity contribution >= 4 is 17.5 Å². The molecule has 1 amide bonds. The average molecular weight is 373 g/mol. The van der Waals surface area contributed by atoms with Crippen molar-refractivity contribution in [2.75, 3.05) is 26.2 Å². The molecule has 0 aliphatic carbocycles. The highest BCUT2D eigenvalue weighted by atomic mass is 35.5. The number of likely N-dealkylation sites (tertiary alicyclic amines) is 2. The standard InChI is InChI=1S/C20H25ClN4O/c1-14-5-3-4-6-18(14)20-19-13-23(7-8-24-12-17(21)9-22-24)10-16(19)11-25(20)15(2)26/h3-6,9,12,16,19-20H,7-8,10-11,13H2,1-2H3/t16-,19-,20+/m1/s1. The van der Waals surface area contributed by atoms with E-state index in [0.717, 1.165) is 32.7 Å². The van der Waals surface area contributed by atoms with E-state index in [0.29, 0.717) is 16.9 Å². The molecule has 0 unspecified atom stereocenters. The van der Waals surface area contributed by atoms with Gasteiger partial charge in [0.1, 0.15) is 0 Å². The molecule has 3 atom stereocenters. The number of aromatic nitrogens is 2. The molecule has 6 heteroatoms. The topological polar surface area (TPSA) is 41.4 Å². The summed E-state index contributed by atoms with van der Waals surface area (Å²) in [6, 6.07) is 8.69. The van der Waals surface area contributed by atoms with E-state index in [2.05, 4.69) is 46.1 Å². The van der Waals surface area contributed by atoms with Crippen LogP contribution in [0.1, 0.15) is 24.1 Å². The van der Waals surface area contributed by atoms with Gasteiger partial charge < -0.3 is 9.80 Å². The van der Waals surface area contributed by atoms with Gasteiger partial charge in [-0.2, -0.15) is 5.10 Å². The highest BCUT2D eigenvalue weighted by Crippen LogP contribution is 2.45. The van der Waals surface area contributed by atoms with Crippen molar-refractivity contribution in [3.8, 4) is 0 Å². The highest BCUT2D eigenvalue weighted by Gasteiger charge is 2.48. The molecule has 2 aliphatic heterocycles. The van der Waals surface area contributed by atoms with Crippen molar-refractivity contribution in [1.29, 1.82) is 0 Å². The third-order valence-electron chi connectivity index (χ3n) is 5.90. The number of carbonyl (C=O) groups excluding carboxylic acids is 1. The normalized spacial score (nSPS) is 25.7. The van der Waals surface area contributed by atoms with E-state index in [4.69, 9.17) is 11.6 Å². The summed E-state index contributed by atoms with van der Waals surface area (Å²) >= 11 is 5.95. The van der Waals surface area contributed by atoms with Crippen LogP contribution in [-0.4, -0.2) is 51.7 Å². The molecule has 26 heavy (non-hydrogen) atoms. The fourth-order valence-corrected chi connectivity index (χ4v) is 4.82. The van der Waals surface area contributed by atoms with Crippen molar-refractivity contribution in [2.45, 2.75) is 26.4 Å². The Bertz CT molecular complexity index is 805. The molecule has 0 saturated carbocycles. The lowest BCUT2D eigenvalue weighted by Crippen LogP contribution is -2.35. The quantitative estimate of drug-likeness (QED) is 0.828. The lowest BCUT2D eigenvalue weighted by atomic mass is 9.87. The molecule has 3 heterocycles. The zero-order valence-electron chi connectivity index (χ0n) is 15.3. The maximum atomic E-state index is 12.3. The number of hydrogen-bond donors (Lipinski definition) is 0. The van der Waals surface area contributed by atoms with E-state index in [9.17, 15) is 4.79 Å². The first kappa shape index (κ1) is 17.6. The van der Waals surface area contributed by atoms with Crippen LogP contribution < -0.4 is 0 Å². The molecule has 2 saturated heterocycles. The van der Waals surface area contributed by atoms with Crippen LogP contribution in [0.2, 0.25) is 5.02 Å². The Balaban J connectivity index is 1.49. The van der Waals surface area contributed by atoms with Crippen molar-refractivity contribution in [1.82, 2.24) is 19.6 Å². The number of halogens is 1. The molecule has 138 valence electrons. The van der Waals surface area contributed by atoms with E-state index in [1.165, 1.54) is 11.1 Å². The van der Waals surface area contributed by atoms with Crippen molar-refractivity contribution in [2.24, 2.45) is 11.8 Å². The van der Waals surface area contributed by atoms with Crippen LogP contribution in [0.5, 0.6) is 0 Å². The Morgan fingerprint density at radius 3 is 2.73 bits per heavy atom. The number of hydrogen-bond acceptors (Lipinski definition) is 3. The third kappa shape index (κ3) is 3.26. The predicted octanol–water partition coefficient (Wildman–Crippen LogP) is 3.00. The van der Waals surface area contributed by atoms with Gasteiger partial charge in [-0.05, 0) is 24.0 Å². The Labute approximate surface area is 159 Å². The third-order valence-corrected chi connectivity index (χ3v) is 6.09. The second kappa shape index (κ2) is 7.05. The van der Waals surface area contributed by atoms with Crippen LogP contribution in [0.15, 0.2) is 36.7 Å². The molecule has 0 spiro atoms. The summed E-state index contributed by atoms with van der Waals surface area (Å²) in [5.41, 5.74) is 2.57. The number of benzene rings is 1. The largest absolute Gasteiger partial charge is 0.335 e. The average Bonchev–Trinajstić information content (AvgIpc) is 3.27. The predicted molar refractivity (Wildman–Crippen MR) is 102 cm³/mol. The lowest BCUT2D eigenvalue weighted by Gasteiger charge is -2.30. The molecule has 2 fully saturated rings. The number of rotatable bonds is 4. The van der Waals surface area contributed by atoms with Crippen LogP contribution in [0.25, 0.3) is 0 Å². The zero-order valence-corrected chi connectivity index (χ0v) is 16.1. The summed E-state index contributed by atoms with van der Waals surface area (Å²) in [4.78, 5) is 16.8. The molecular weight excluding hydrogens is 348 g/mol. The summed E-state index contributed by atoms with van der Waals surface area (Å²) < 4.78 is 1.90.